The summed E-state index contributed by atoms with van der Waals surface area (Å²) in [5.74, 6) is -0.0687. The molecule has 1 atom stereocenters. The Morgan fingerprint density at radius 2 is 1.95 bits per heavy atom. The number of rotatable bonds is 4. The smallest absolute Gasteiger partial charge is 0.251 e. The third kappa shape index (κ3) is 3.41. The topological polar surface area (TPSA) is 42.0 Å². The van der Waals surface area contributed by atoms with Gasteiger partial charge >= 0.3 is 0 Å². The van der Waals surface area contributed by atoms with Gasteiger partial charge in [0, 0.05) is 11.8 Å². The van der Waals surface area contributed by atoms with Crippen LogP contribution < -0.4 is 5.32 Å². The third-order valence-electron chi connectivity index (χ3n) is 3.10. The maximum absolute atomic E-state index is 12.1. The predicted molar refractivity (Wildman–Crippen MR) is 75.9 cm³/mol. The highest BCUT2D eigenvalue weighted by Crippen LogP contribution is 2.10. The van der Waals surface area contributed by atoms with Gasteiger partial charge in [0.25, 0.3) is 5.91 Å². The van der Waals surface area contributed by atoms with E-state index in [9.17, 15) is 4.79 Å². The van der Waals surface area contributed by atoms with Gasteiger partial charge in [-0.15, -0.1) is 0 Å². The summed E-state index contributed by atoms with van der Waals surface area (Å²) in [7, 11) is 0. The molecule has 0 aliphatic heterocycles. The van der Waals surface area contributed by atoms with Crippen molar-refractivity contribution >= 4 is 5.91 Å². The third-order valence-corrected chi connectivity index (χ3v) is 3.10. The molecule has 1 amide bonds. The average molecular weight is 254 g/mol. The summed E-state index contributed by atoms with van der Waals surface area (Å²) in [4.78, 5) is 16.3. The van der Waals surface area contributed by atoms with Crippen LogP contribution in [0.4, 0.5) is 0 Å². The van der Waals surface area contributed by atoms with E-state index in [2.05, 4.69) is 17.2 Å². The van der Waals surface area contributed by atoms with Crippen LogP contribution in [0.25, 0.3) is 0 Å². The van der Waals surface area contributed by atoms with Crippen LogP contribution in [-0.2, 0) is 6.42 Å². The predicted octanol–water partition coefficient (Wildman–Crippen LogP) is 3.14. The summed E-state index contributed by atoms with van der Waals surface area (Å²) in [5.41, 5.74) is 2.77. The van der Waals surface area contributed by atoms with E-state index < -0.39 is 0 Å². The van der Waals surface area contributed by atoms with Gasteiger partial charge in [0.05, 0.1) is 11.7 Å². The van der Waals surface area contributed by atoms with Gasteiger partial charge in [-0.2, -0.15) is 0 Å². The van der Waals surface area contributed by atoms with E-state index in [1.54, 1.807) is 6.20 Å². The van der Waals surface area contributed by atoms with Crippen molar-refractivity contribution in [2.24, 2.45) is 0 Å². The van der Waals surface area contributed by atoms with E-state index in [0.29, 0.717) is 5.56 Å². The Kier molecular flexibility index (Phi) is 4.29. The zero-order valence-electron chi connectivity index (χ0n) is 11.3. The molecule has 1 heterocycles. The first-order valence-electron chi connectivity index (χ1n) is 6.51. The van der Waals surface area contributed by atoms with Crippen molar-refractivity contribution in [3.63, 3.8) is 0 Å². The minimum Gasteiger partial charge on any atom is -0.344 e. The number of aryl methyl sites for hydroxylation is 1. The first-order chi connectivity index (χ1) is 9.20. The molecule has 0 saturated carbocycles. The highest BCUT2D eigenvalue weighted by molar-refractivity contribution is 5.94. The van der Waals surface area contributed by atoms with E-state index in [0.717, 1.165) is 12.1 Å². The van der Waals surface area contributed by atoms with Crippen molar-refractivity contribution < 1.29 is 4.79 Å². The number of aromatic nitrogens is 1. The standard InChI is InChI=1S/C16H18N2O/c1-3-13-7-9-14(10-8-13)16(19)18-12(2)15-6-4-5-11-17-15/h4-12H,3H2,1-2H3,(H,18,19). The van der Waals surface area contributed by atoms with Crippen molar-refractivity contribution in [1.29, 1.82) is 0 Å². The van der Waals surface area contributed by atoms with Gasteiger partial charge in [-0.05, 0) is 43.2 Å². The van der Waals surface area contributed by atoms with E-state index >= 15 is 0 Å². The summed E-state index contributed by atoms with van der Waals surface area (Å²) in [6.45, 7) is 4.03. The normalized spacial score (nSPS) is 11.9. The van der Waals surface area contributed by atoms with Gasteiger partial charge in [-0.3, -0.25) is 9.78 Å². The fourth-order valence-electron chi connectivity index (χ4n) is 1.88. The van der Waals surface area contributed by atoms with Crippen molar-refractivity contribution in [1.82, 2.24) is 10.3 Å². The number of amides is 1. The maximum atomic E-state index is 12.1. The zero-order chi connectivity index (χ0) is 13.7. The molecule has 98 valence electrons. The molecular weight excluding hydrogens is 236 g/mol. The lowest BCUT2D eigenvalue weighted by Crippen LogP contribution is -2.27. The first kappa shape index (κ1) is 13.3. The summed E-state index contributed by atoms with van der Waals surface area (Å²) < 4.78 is 0. The van der Waals surface area contributed by atoms with Crippen LogP contribution in [-0.4, -0.2) is 10.9 Å². The van der Waals surface area contributed by atoms with Crippen LogP contribution >= 0.6 is 0 Å². The number of nitrogens with zero attached hydrogens (tertiary/aromatic N) is 1. The lowest BCUT2D eigenvalue weighted by molar-refractivity contribution is 0.0939. The Balaban J connectivity index is 2.04. The molecule has 0 saturated heterocycles. The molecule has 0 bridgehead atoms. The van der Waals surface area contributed by atoms with Crippen molar-refractivity contribution in [3.8, 4) is 0 Å². The number of nitrogens with one attached hydrogen (secondary N) is 1. The van der Waals surface area contributed by atoms with Crippen LogP contribution in [0, 0.1) is 0 Å². The van der Waals surface area contributed by atoms with Crippen molar-refractivity contribution in [2.75, 3.05) is 0 Å². The largest absolute Gasteiger partial charge is 0.344 e. The Morgan fingerprint density at radius 3 is 2.53 bits per heavy atom. The van der Waals surface area contributed by atoms with Crippen LogP contribution in [0.2, 0.25) is 0 Å². The Hall–Kier alpha value is -2.16. The second-order valence-electron chi connectivity index (χ2n) is 4.50. The minimum atomic E-state index is -0.0976. The Labute approximate surface area is 113 Å². The highest BCUT2D eigenvalue weighted by Gasteiger charge is 2.11. The quantitative estimate of drug-likeness (QED) is 0.910. The molecule has 3 heteroatoms. The number of carbonyl (C=O) groups excluding carboxylic acids is 1. The first-order valence-corrected chi connectivity index (χ1v) is 6.51. The van der Waals surface area contributed by atoms with Crippen molar-refractivity contribution in [2.45, 2.75) is 26.3 Å². The second kappa shape index (κ2) is 6.14. The lowest BCUT2D eigenvalue weighted by atomic mass is 10.1. The lowest BCUT2D eigenvalue weighted by Gasteiger charge is -2.13. The van der Waals surface area contributed by atoms with E-state index in [1.165, 1.54) is 5.56 Å². The van der Waals surface area contributed by atoms with Gasteiger partial charge in [0.1, 0.15) is 0 Å². The van der Waals surface area contributed by atoms with Gasteiger partial charge in [-0.25, -0.2) is 0 Å². The summed E-state index contributed by atoms with van der Waals surface area (Å²) in [6, 6.07) is 13.3. The van der Waals surface area contributed by atoms with Crippen molar-refractivity contribution in [3.05, 3.63) is 65.5 Å². The molecule has 3 nitrogen and oxygen atoms in total. The summed E-state index contributed by atoms with van der Waals surface area (Å²) >= 11 is 0. The van der Waals surface area contributed by atoms with E-state index in [4.69, 9.17) is 0 Å². The summed E-state index contributed by atoms with van der Waals surface area (Å²) in [6.07, 6.45) is 2.71. The van der Waals surface area contributed by atoms with E-state index in [-0.39, 0.29) is 11.9 Å². The summed E-state index contributed by atoms with van der Waals surface area (Å²) in [5, 5.41) is 2.95. The average Bonchev–Trinajstić information content (AvgIpc) is 2.48. The molecule has 0 fully saturated rings. The molecule has 1 N–H and O–H groups in total. The fourth-order valence-corrected chi connectivity index (χ4v) is 1.88. The Bertz CT molecular complexity index is 534. The van der Waals surface area contributed by atoms with Gasteiger partial charge in [0.2, 0.25) is 0 Å². The molecule has 1 aromatic carbocycles. The van der Waals surface area contributed by atoms with Gasteiger partial charge in [0.15, 0.2) is 0 Å². The van der Waals surface area contributed by atoms with Crippen LogP contribution in [0.1, 0.15) is 41.5 Å². The molecule has 0 aliphatic rings. The SMILES string of the molecule is CCc1ccc(C(=O)NC(C)c2ccccn2)cc1. The molecule has 2 rings (SSSR count). The van der Waals surface area contributed by atoms with Gasteiger partial charge in [-0.1, -0.05) is 25.1 Å². The van der Waals surface area contributed by atoms with Crippen LogP contribution in [0.3, 0.4) is 0 Å². The fraction of sp³-hybridized carbons (Fsp3) is 0.250. The Morgan fingerprint density at radius 1 is 1.21 bits per heavy atom. The number of hydrogen-bond acceptors (Lipinski definition) is 2. The molecule has 0 aliphatic carbocycles. The van der Waals surface area contributed by atoms with Crippen LogP contribution in [0.15, 0.2) is 48.7 Å². The highest BCUT2D eigenvalue weighted by atomic mass is 16.1. The molecule has 0 radical (unpaired) electrons. The number of carbonyl (C=O) groups is 1. The minimum absolute atomic E-state index is 0.0687. The molecular formula is C16H18N2O. The number of pyridine rings is 1. The number of hydrogen-bond donors (Lipinski definition) is 1. The van der Waals surface area contributed by atoms with Crippen LogP contribution in [0.5, 0.6) is 0 Å². The monoisotopic (exact) mass is 254 g/mol. The molecule has 0 spiro atoms. The number of benzene rings is 1. The maximum Gasteiger partial charge on any atom is 0.251 e. The zero-order valence-corrected chi connectivity index (χ0v) is 11.3. The molecule has 1 unspecified atom stereocenters. The molecule has 2 aromatic rings. The molecule has 19 heavy (non-hydrogen) atoms. The van der Waals surface area contributed by atoms with E-state index in [1.807, 2.05) is 49.4 Å². The second-order valence-corrected chi connectivity index (χ2v) is 4.50. The van der Waals surface area contributed by atoms with Gasteiger partial charge < -0.3 is 5.32 Å². The molecule has 1 aromatic heterocycles.